The van der Waals surface area contributed by atoms with Gasteiger partial charge in [-0.15, -0.1) is 5.11 Å². The predicted molar refractivity (Wildman–Crippen MR) is 82.0 cm³/mol. The number of benzene rings is 2. The lowest BCUT2D eigenvalue weighted by molar-refractivity contribution is 0.0601. The van der Waals surface area contributed by atoms with Gasteiger partial charge in [0.15, 0.2) is 17.8 Å². The lowest BCUT2D eigenvalue weighted by atomic mass is 10.2. The Balaban J connectivity index is 2.42. The van der Waals surface area contributed by atoms with Crippen LogP contribution in [-0.2, 0) is 4.74 Å². The Bertz CT molecular complexity index is 771. The summed E-state index contributed by atoms with van der Waals surface area (Å²) in [4.78, 5) is 22.6. The van der Waals surface area contributed by atoms with Crippen LogP contribution in [0.25, 0.3) is 0 Å². The van der Waals surface area contributed by atoms with Crippen molar-refractivity contribution >= 4 is 23.6 Å². The quantitative estimate of drug-likeness (QED) is 0.518. The number of hydrogen-bond acceptors (Lipinski definition) is 7. The number of aldehydes is 1. The fraction of sp³-hybridized carbons (Fsp3) is 0.125. The first-order valence-electron chi connectivity index (χ1n) is 6.56. The van der Waals surface area contributed by atoms with E-state index < -0.39 is 5.97 Å². The van der Waals surface area contributed by atoms with E-state index in [1.807, 2.05) is 0 Å². The highest BCUT2D eigenvalue weighted by atomic mass is 16.5. The van der Waals surface area contributed by atoms with Crippen LogP contribution in [-0.4, -0.2) is 31.6 Å². The van der Waals surface area contributed by atoms with E-state index in [1.54, 1.807) is 24.3 Å². The molecule has 2 aromatic rings. The molecule has 1 N–H and O–H groups in total. The van der Waals surface area contributed by atoms with Crippen LogP contribution in [0, 0.1) is 0 Å². The van der Waals surface area contributed by atoms with E-state index in [9.17, 15) is 14.7 Å². The molecule has 0 radical (unpaired) electrons. The number of aromatic hydroxyl groups is 1. The van der Waals surface area contributed by atoms with Gasteiger partial charge >= 0.3 is 5.97 Å². The van der Waals surface area contributed by atoms with E-state index in [4.69, 9.17) is 4.74 Å². The minimum Gasteiger partial charge on any atom is -0.504 e. The van der Waals surface area contributed by atoms with Gasteiger partial charge < -0.3 is 14.6 Å². The molecule has 7 heteroatoms. The van der Waals surface area contributed by atoms with E-state index in [0.717, 1.165) is 0 Å². The number of nitrogens with zero attached hydrogens (tertiary/aromatic N) is 2. The van der Waals surface area contributed by atoms with Gasteiger partial charge in [0.2, 0.25) is 0 Å². The maximum absolute atomic E-state index is 11.7. The Morgan fingerprint density at radius 3 is 2.57 bits per heavy atom. The molecule has 0 aliphatic rings. The van der Waals surface area contributed by atoms with Crippen LogP contribution >= 0.6 is 0 Å². The Labute approximate surface area is 132 Å². The van der Waals surface area contributed by atoms with Gasteiger partial charge in [-0.05, 0) is 18.2 Å². The molecule has 0 bridgehead atoms. The highest BCUT2D eigenvalue weighted by Gasteiger charge is 2.12. The Kier molecular flexibility index (Phi) is 5.03. The average molecular weight is 314 g/mol. The zero-order valence-corrected chi connectivity index (χ0v) is 12.5. The third-order valence-electron chi connectivity index (χ3n) is 3.02. The second kappa shape index (κ2) is 7.17. The number of carbonyl (C=O) groups is 2. The fourth-order valence-electron chi connectivity index (χ4n) is 1.87. The summed E-state index contributed by atoms with van der Waals surface area (Å²) in [6.07, 6.45) is 0.485. The van der Waals surface area contributed by atoms with Gasteiger partial charge in [0.05, 0.1) is 31.0 Å². The predicted octanol–water partition coefficient (Wildman–Crippen LogP) is 3.42. The van der Waals surface area contributed by atoms with E-state index in [1.165, 1.54) is 26.4 Å². The number of phenolic OH excluding ortho intramolecular Hbond substituents is 1. The van der Waals surface area contributed by atoms with Crippen molar-refractivity contribution in [2.75, 3.05) is 14.2 Å². The van der Waals surface area contributed by atoms with Crippen LogP contribution in [0.4, 0.5) is 11.4 Å². The summed E-state index contributed by atoms with van der Waals surface area (Å²) in [5.74, 6) is -0.697. The third kappa shape index (κ3) is 3.52. The van der Waals surface area contributed by atoms with Crippen molar-refractivity contribution in [1.29, 1.82) is 0 Å². The summed E-state index contributed by atoms with van der Waals surface area (Å²) in [5.41, 5.74) is 0.903. The molecule has 0 amide bonds. The molecule has 0 atom stereocenters. The highest BCUT2D eigenvalue weighted by Crippen LogP contribution is 2.34. The second-order valence-electron chi connectivity index (χ2n) is 4.41. The van der Waals surface area contributed by atoms with Crippen LogP contribution in [0.1, 0.15) is 20.7 Å². The SMILES string of the molecule is COC(=O)c1ccccc1N=Nc1cc(C=O)c(O)c(OC)c1. The molecule has 7 nitrogen and oxygen atoms in total. The van der Waals surface area contributed by atoms with Crippen molar-refractivity contribution in [2.24, 2.45) is 10.2 Å². The molecule has 0 aliphatic carbocycles. The summed E-state index contributed by atoms with van der Waals surface area (Å²) in [5, 5.41) is 17.7. The largest absolute Gasteiger partial charge is 0.504 e. The smallest absolute Gasteiger partial charge is 0.340 e. The summed E-state index contributed by atoms with van der Waals surface area (Å²) < 4.78 is 9.65. The zero-order valence-electron chi connectivity index (χ0n) is 12.5. The molecule has 2 rings (SSSR count). The molecule has 23 heavy (non-hydrogen) atoms. The van der Waals surface area contributed by atoms with Gasteiger partial charge in [-0.3, -0.25) is 4.79 Å². The first-order valence-corrected chi connectivity index (χ1v) is 6.56. The van der Waals surface area contributed by atoms with Crippen LogP contribution < -0.4 is 4.74 Å². The van der Waals surface area contributed by atoms with E-state index >= 15 is 0 Å². The van der Waals surface area contributed by atoms with Crippen LogP contribution in [0.2, 0.25) is 0 Å². The molecule has 0 fully saturated rings. The van der Waals surface area contributed by atoms with Crippen LogP contribution in [0.3, 0.4) is 0 Å². The van der Waals surface area contributed by atoms with Crippen LogP contribution in [0.15, 0.2) is 46.6 Å². The lowest BCUT2D eigenvalue weighted by Crippen LogP contribution is -2.00. The van der Waals surface area contributed by atoms with Gasteiger partial charge in [-0.2, -0.15) is 5.11 Å². The van der Waals surface area contributed by atoms with Crippen molar-refractivity contribution in [3.63, 3.8) is 0 Å². The van der Waals surface area contributed by atoms with Crippen molar-refractivity contribution in [3.05, 3.63) is 47.5 Å². The first kappa shape index (κ1) is 16.2. The van der Waals surface area contributed by atoms with Gasteiger partial charge in [0, 0.05) is 6.07 Å². The number of hydrogen-bond donors (Lipinski definition) is 1. The van der Waals surface area contributed by atoms with E-state index in [2.05, 4.69) is 15.0 Å². The molecule has 0 saturated heterocycles. The number of rotatable bonds is 5. The number of methoxy groups -OCH3 is 2. The third-order valence-corrected chi connectivity index (χ3v) is 3.02. The van der Waals surface area contributed by atoms with Crippen molar-refractivity contribution in [2.45, 2.75) is 0 Å². The minimum absolute atomic E-state index is 0.0274. The van der Waals surface area contributed by atoms with Gasteiger partial charge in [-0.1, -0.05) is 12.1 Å². The zero-order chi connectivity index (χ0) is 16.8. The molecule has 118 valence electrons. The molecular formula is C16H14N2O5. The summed E-state index contributed by atoms with van der Waals surface area (Å²) in [7, 11) is 2.63. The fourth-order valence-corrected chi connectivity index (χ4v) is 1.87. The van der Waals surface area contributed by atoms with Gasteiger partial charge in [0.25, 0.3) is 0 Å². The Morgan fingerprint density at radius 2 is 1.91 bits per heavy atom. The molecular weight excluding hydrogens is 300 g/mol. The Morgan fingerprint density at radius 1 is 1.17 bits per heavy atom. The lowest BCUT2D eigenvalue weighted by Gasteiger charge is -2.06. The molecule has 0 unspecified atom stereocenters. The number of esters is 1. The van der Waals surface area contributed by atoms with Crippen molar-refractivity contribution in [3.8, 4) is 11.5 Å². The molecule has 0 aliphatic heterocycles. The molecule has 0 heterocycles. The number of phenols is 1. The number of ether oxygens (including phenoxy) is 2. The summed E-state index contributed by atoms with van der Waals surface area (Å²) >= 11 is 0. The molecule has 0 aromatic heterocycles. The minimum atomic E-state index is -0.531. The molecule has 2 aromatic carbocycles. The monoisotopic (exact) mass is 314 g/mol. The van der Waals surface area contributed by atoms with Gasteiger partial charge in [-0.25, -0.2) is 4.79 Å². The normalized spacial score (nSPS) is 10.5. The molecule has 0 spiro atoms. The Hall–Kier alpha value is -3.22. The van der Waals surface area contributed by atoms with Gasteiger partial charge in [0.1, 0.15) is 5.69 Å². The maximum atomic E-state index is 11.7. The maximum Gasteiger partial charge on any atom is 0.340 e. The van der Waals surface area contributed by atoms with E-state index in [-0.39, 0.29) is 22.6 Å². The first-order chi connectivity index (χ1) is 11.1. The van der Waals surface area contributed by atoms with Crippen LogP contribution in [0.5, 0.6) is 11.5 Å². The standard InChI is InChI=1S/C16H14N2O5/c1-22-14-8-11(7-10(9-19)15(14)20)17-18-13-6-4-3-5-12(13)16(21)23-2/h3-9,20H,1-2H3. The highest BCUT2D eigenvalue weighted by molar-refractivity contribution is 5.94. The molecule has 0 saturated carbocycles. The topological polar surface area (TPSA) is 97.6 Å². The number of carbonyl (C=O) groups excluding carboxylic acids is 2. The summed E-state index contributed by atoms with van der Waals surface area (Å²) in [6.45, 7) is 0. The summed E-state index contributed by atoms with van der Waals surface area (Å²) in [6, 6.07) is 9.33. The average Bonchev–Trinajstić information content (AvgIpc) is 2.60. The number of azo groups is 1. The second-order valence-corrected chi connectivity index (χ2v) is 4.41. The van der Waals surface area contributed by atoms with E-state index in [0.29, 0.717) is 17.7 Å². The van der Waals surface area contributed by atoms with Crippen molar-refractivity contribution < 1.29 is 24.2 Å². The van der Waals surface area contributed by atoms with Crippen molar-refractivity contribution in [1.82, 2.24) is 0 Å².